The summed E-state index contributed by atoms with van der Waals surface area (Å²) >= 11 is 0. The van der Waals surface area contributed by atoms with Crippen LogP contribution in [0.25, 0.3) is 0 Å². The molecule has 0 bridgehead atoms. The van der Waals surface area contributed by atoms with Gasteiger partial charge in [0.2, 0.25) is 11.8 Å². The fourth-order valence-electron chi connectivity index (χ4n) is 4.47. The average Bonchev–Trinajstić information content (AvgIpc) is 2.78. The predicted molar refractivity (Wildman–Crippen MR) is 117 cm³/mol. The molecular weight excluding hydrogens is 396 g/mol. The summed E-state index contributed by atoms with van der Waals surface area (Å²) < 4.78 is 10.8. The highest BCUT2D eigenvalue weighted by molar-refractivity contribution is 5.96. The predicted octanol–water partition coefficient (Wildman–Crippen LogP) is 2.92. The molecule has 7 heteroatoms. The van der Waals surface area contributed by atoms with Crippen molar-refractivity contribution in [3.8, 4) is 5.75 Å². The maximum atomic E-state index is 12.9. The largest absolute Gasteiger partial charge is 0.497 e. The molecule has 0 saturated carbocycles. The minimum Gasteiger partial charge on any atom is -0.497 e. The number of benzene rings is 1. The molecule has 2 aliphatic rings. The van der Waals surface area contributed by atoms with Gasteiger partial charge in [-0.3, -0.25) is 14.4 Å². The molecular formula is C24H34N2O5. The van der Waals surface area contributed by atoms with Crippen molar-refractivity contribution in [2.45, 2.75) is 58.2 Å². The number of carbonyl (C=O) groups excluding carboxylic acids is 3. The number of hydrogen-bond donors (Lipinski definition) is 0. The number of likely N-dealkylation sites (tertiary alicyclic amines) is 1. The van der Waals surface area contributed by atoms with E-state index in [0.717, 1.165) is 0 Å². The fraction of sp³-hybridized carbons (Fsp3) is 0.625. The summed E-state index contributed by atoms with van der Waals surface area (Å²) in [5.74, 6) is 0.999. The first-order valence-electron chi connectivity index (χ1n) is 11.3. The van der Waals surface area contributed by atoms with Crippen molar-refractivity contribution in [1.29, 1.82) is 0 Å². The van der Waals surface area contributed by atoms with Crippen LogP contribution in [0.1, 0.15) is 56.3 Å². The summed E-state index contributed by atoms with van der Waals surface area (Å²) in [5, 5.41) is 0. The third-order valence-corrected chi connectivity index (χ3v) is 6.13. The highest BCUT2D eigenvalue weighted by Gasteiger charge is 2.33. The van der Waals surface area contributed by atoms with Gasteiger partial charge in [-0.05, 0) is 57.4 Å². The highest BCUT2D eigenvalue weighted by Crippen LogP contribution is 2.23. The van der Waals surface area contributed by atoms with Crippen molar-refractivity contribution in [2.24, 2.45) is 5.92 Å². The van der Waals surface area contributed by atoms with E-state index >= 15 is 0 Å². The van der Waals surface area contributed by atoms with E-state index in [1.807, 2.05) is 23.6 Å². The van der Waals surface area contributed by atoms with Crippen LogP contribution in [0.2, 0.25) is 0 Å². The molecule has 2 unspecified atom stereocenters. The van der Waals surface area contributed by atoms with E-state index in [0.29, 0.717) is 69.6 Å². The van der Waals surface area contributed by atoms with E-state index in [1.165, 1.54) is 0 Å². The van der Waals surface area contributed by atoms with Gasteiger partial charge in [-0.1, -0.05) is 0 Å². The summed E-state index contributed by atoms with van der Waals surface area (Å²) in [4.78, 5) is 41.5. The van der Waals surface area contributed by atoms with E-state index in [2.05, 4.69) is 0 Å². The summed E-state index contributed by atoms with van der Waals surface area (Å²) in [5.41, 5.74) is 0.638. The number of carbonyl (C=O) groups is 3. The van der Waals surface area contributed by atoms with Gasteiger partial charge in [0.15, 0.2) is 5.78 Å². The van der Waals surface area contributed by atoms with Crippen LogP contribution in [0, 0.1) is 5.92 Å². The van der Waals surface area contributed by atoms with Gasteiger partial charge in [0, 0.05) is 50.5 Å². The molecule has 0 radical (unpaired) electrons. The number of rotatable bonds is 7. The van der Waals surface area contributed by atoms with Crippen molar-refractivity contribution in [2.75, 3.05) is 33.3 Å². The molecule has 1 aromatic carbocycles. The van der Waals surface area contributed by atoms with Crippen LogP contribution in [0.4, 0.5) is 0 Å². The lowest BCUT2D eigenvalue weighted by Gasteiger charge is -2.39. The molecule has 2 saturated heterocycles. The van der Waals surface area contributed by atoms with Crippen molar-refractivity contribution in [3.63, 3.8) is 0 Å². The van der Waals surface area contributed by atoms with Crippen LogP contribution in [0.15, 0.2) is 24.3 Å². The summed E-state index contributed by atoms with van der Waals surface area (Å²) in [6.45, 7) is 6.50. The second-order valence-electron chi connectivity index (χ2n) is 8.66. The third kappa shape index (κ3) is 6.29. The average molecular weight is 431 g/mol. The zero-order valence-corrected chi connectivity index (χ0v) is 18.8. The molecule has 7 nitrogen and oxygen atoms in total. The molecule has 2 aliphatic heterocycles. The van der Waals surface area contributed by atoms with Gasteiger partial charge < -0.3 is 19.3 Å². The Morgan fingerprint density at radius 1 is 0.968 bits per heavy atom. The lowest BCUT2D eigenvalue weighted by atomic mass is 9.94. The van der Waals surface area contributed by atoms with Gasteiger partial charge in [-0.15, -0.1) is 0 Å². The van der Waals surface area contributed by atoms with Crippen molar-refractivity contribution < 1.29 is 23.9 Å². The zero-order chi connectivity index (χ0) is 22.4. The molecule has 2 amide bonds. The molecule has 0 spiro atoms. The van der Waals surface area contributed by atoms with E-state index in [-0.39, 0.29) is 35.7 Å². The zero-order valence-electron chi connectivity index (χ0n) is 18.8. The number of piperidine rings is 1. The number of nitrogens with zero attached hydrogens (tertiary/aromatic N) is 2. The molecule has 170 valence electrons. The maximum absolute atomic E-state index is 12.9. The molecule has 1 aromatic rings. The Bertz CT molecular complexity index is 761. The number of ether oxygens (including phenoxy) is 2. The number of amides is 2. The Morgan fingerprint density at radius 3 is 2.16 bits per heavy atom. The standard InChI is InChI=1S/C24H34N2O5/c1-17-15-26(16-18(2)31-17)24(29)20-11-13-25(14-12-20)23(28)6-4-5-22(27)19-7-9-21(30-3)10-8-19/h7-10,17-18,20H,4-6,11-16H2,1-3H3. The molecule has 3 rings (SSSR count). The summed E-state index contributed by atoms with van der Waals surface area (Å²) in [6, 6.07) is 7.03. The minimum absolute atomic E-state index is 0.0156. The first-order valence-corrected chi connectivity index (χ1v) is 11.3. The molecule has 0 aromatic heterocycles. The Labute approximate surface area is 184 Å². The van der Waals surface area contributed by atoms with Crippen molar-refractivity contribution in [1.82, 2.24) is 9.80 Å². The summed E-state index contributed by atoms with van der Waals surface area (Å²) in [6.07, 6.45) is 2.78. The van der Waals surface area contributed by atoms with E-state index in [9.17, 15) is 14.4 Å². The highest BCUT2D eigenvalue weighted by atomic mass is 16.5. The Kier molecular flexibility index (Phi) is 8.07. The SMILES string of the molecule is COc1ccc(C(=O)CCCC(=O)N2CCC(C(=O)N3CC(C)OC(C)C3)CC2)cc1. The van der Waals surface area contributed by atoms with Crippen LogP contribution in [-0.4, -0.2) is 72.9 Å². The third-order valence-electron chi connectivity index (χ3n) is 6.13. The second kappa shape index (κ2) is 10.8. The number of Topliss-reactive ketones (excluding diaryl/α,β-unsaturated/α-hetero) is 1. The van der Waals surface area contributed by atoms with Crippen LogP contribution >= 0.6 is 0 Å². The molecule has 0 N–H and O–H groups in total. The second-order valence-corrected chi connectivity index (χ2v) is 8.66. The van der Waals surface area contributed by atoms with E-state index in [1.54, 1.807) is 31.4 Å². The first-order chi connectivity index (χ1) is 14.9. The molecule has 2 atom stereocenters. The van der Waals surface area contributed by atoms with E-state index in [4.69, 9.17) is 9.47 Å². The monoisotopic (exact) mass is 430 g/mol. The van der Waals surface area contributed by atoms with Crippen LogP contribution in [0.3, 0.4) is 0 Å². The molecule has 2 heterocycles. The Balaban J connectivity index is 1.38. The maximum Gasteiger partial charge on any atom is 0.225 e. The number of hydrogen-bond acceptors (Lipinski definition) is 5. The van der Waals surface area contributed by atoms with Gasteiger partial charge >= 0.3 is 0 Å². The molecule has 0 aliphatic carbocycles. The topological polar surface area (TPSA) is 76.2 Å². The molecule has 31 heavy (non-hydrogen) atoms. The smallest absolute Gasteiger partial charge is 0.225 e. The fourth-order valence-corrected chi connectivity index (χ4v) is 4.47. The lowest BCUT2D eigenvalue weighted by Crippen LogP contribution is -2.51. The van der Waals surface area contributed by atoms with Gasteiger partial charge in [0.25, 0.3) is 0 Å². The van der Waals surface area contributed by atoms with Gasteiger partial charge in [-0.25, -0.2) is 0 Å². The van der Waals surface area contributed by atoms with Gasteiger partial charge in [0.05, 0.1) is 19.3 Å². The quantitative estimate of drug-likeness (QED) is 0.622. The van der Waals surface area contributed by atoms with Crippen molar-refractivity contribution >= 4 is 17.6 Å². The van der Waals surface area contributed by atoms with Gasteiger partial charge in [0.1, 0.15) is 5.75 Å². The Morgan fingerprint density at radius 2 is 1.58 bits per heavy atom. The Hall–Kier alpha value is -2.41. The minimum atomic E-state index is -0.0156. The van der Waals surface area contributed by atoms with Crippen LogP contribution in [-0.2, 0) is 14.3 Å². The molecule has 2 fully saturated rings. The normalized spacial score (nSPS) is 22.3. The van der Waals surface area contributed by atoms with Crippen LogP contribution < -0.4 is 4.74 Å². The van der Waals surface area contributed by atoms with E-state index < -0.39 is 0 Å². The summed E-state index contributed by atoms with van der Waals surface area (Å²) in [7, 11) is 1.59. The van der Waals surface area contributed by atoms with Crippen LogP contribution in [0.5, 0.6) is 5.75 Å². The first kappa shape index (κ1) is 23.3. The van der Waals surface area contributed by atoms with Gasteiger partial charge in [-0.2, -0.15) is 0 Å². The number of methoxy groups -OCH3 is 1. The lowest BCUT2D eigenvalue weighted by molar-refractivity contribution is -0.150. The number of ketones is 1. The number of morpholine rings is 1. The van der Waals surface area contributed by atoms with Crippen molar-refractivity contribution in [3.05, 3.63) is 29.8 Å².